The van der Waals surface area contributed by atoms with Crippen LogP contribution in [0.15, 0.2) is 16.3 Å². The molecule has 0 amide bonds. The van der Waals surface area contributed by atoms with Crippen LogP contribution in [0.5, 0.6) is 0 Å². The summed E-state index contributed by atoms with van der Waals surface area (Å²) in [6.45, 7) is 1.86. The molecule has 1 aliphatic rings. The van der Waals surface area contributed by atoms with Crippen LogP contribution in [0.3, 0.4) is 0 Å². The lowest BCUT2D eigenvalue weighted by Gasteiger charge is -2.12. The summed E-state index contributed by atoms with van der Waals surface area (Å²) < 4.78 is 27.0. The fourth-order valence-electron chi connectivity index (χ4n) is 1.97. The lowest BCUT2D eigenvalue weighted by molar-refractivity contribution is -0.136. The summed E-state index contributed by atoms with van der Waals surface area (Å²) >= 11 is 1.01. The number of hydrogen-bond donors (Lipinski definition) is 2. The molecule has 2 N–H and O–H groups in total. The van der Waals surface area contributed by atoms with Crippen molar-refractivity contribution in [2.45, 2.75) is 42.9 Å². The summed E-state index contributed by atoms with van der Waals surface area (Å²) in [4.78, 5) is 11.1. The van der Waals surface area contributed by atoms with Crippen LogP contribution in [0.1, 0.15) is 31.1 Å². The van der Waals surface area contributed by atoms with Crippen LogP contribution in [0.4, 0.5) is 0 Å². The molecule has 19 heavy (non-hydrogen) atoms. The smallest absolute Gasteiger partial charge is 0.308 e. The van der Waals surface area contributed by atoms with Crippen molar-refractivity contribution >= 4 is 27.3 Å². The molecule has 0 radical (unpaired) electrons. The molecule has 1 aliphatic carbocycles. The summed E-state index contributed by atoms with van der Waals surface area (Å²) in [5.41, 5.74) is 0. The van der Waals surface area contributed by atoms with Crippen molar-refractivity contribution < 1.29 is 18.3 Å². The molecule has 1 aromatic rings. The van der Waals surface area contributed by atoms with Crippen LogP contribution in [-0.4, -0.2) is 25.5 Å². The predicted octanol–water partition coefficient (Wildman–Crippen LogP) is 1.84. The van der Waals surface area contributed by atoms with Gasteiger partial charge in [0, 0.05) is 10.9 Å². The molecule has 0 aliphatic heterocycles. The number of carbonyl (C=O) groups is 1. The van der Waals surface area contributed by atoms with Crippen LogP contribution < -0.4 is 4.72 Å². The highest BCUT2D eigenvalue weighted by molar-refractivity contribution is 7.91. The Labute approximate surface area is 116 Å². The van der Waals surface area contributed by atoms with Gasteiger partial charge in [-0.25, -0.2) is 13.1 Å². The van der Waals surface area contributed by atoms with Crippen molar-refractivity contribution in [2.24, 2.45) is 5.92 Å². The molecule has 1 heterocycles. The van der Waals surface area contributed by atoms with E-state index in [1.165, 1.54) is 18.9 Å². The van der Waals surface area contributed by atoms with Gasteiger partial charge in [-0.1, -0.05) is 12.8 Å². The van der Waals surface area contributed by atoms with Gasteiger partial charge in [0.1, 0.15) is 4.21 Å². The lowest BCUT2D eigenvalue weighted by Crippen LogP contribution is -2.32. The molecular weight excluding hydrogens is 286 g/mol. The zero-order valence-electron chi connectivity index (χ0n) is 10.6. The first-order chi connectivity index (χ1) is 8.87. The first-order valence-corrected chi connectivity index (χ1v) is 8.49. The van der Waals surface area contributed by atoms with E-state index in [-0.39, 0.29) is 16.7 Å². The van der Waals surface area contributed by atoms with E-state index in [9.17, 15) is 13.2 Å². The number of rotatable bonds is 7. The van der Waals surface area contributed by atoms with Crippen molar-refractivity contribution in [1.82, 2.24) is 4.72 Å². The average Bonchev–Trinajstić information content (AvgIpc) is 2.92. The van der Waals surface area contributed by atoms with Crippen molar-refractivity contribution in [1.29, 1.82) is 0 Å². The maximum Gasteiger partial charge on any atom is 0.308 e. The van der Waals surface area contributed by atoms with Crippen LogP contribution in [0.25, 0.3) is 0 Å². The predicted molar refractivity (Wildman–Crippen MR) is 72.8 cm³/mol. The fraction of sp³-hybridized carbons (Fsp3) is 0.583. The van der Waals surface area contributed by atoms with E-state index in [1.54, 1.807) is 6.07 Å². The number of carboxylic acids is 1. The quantitative estimate of drug-likeness (QED) is 0.805. The summed E-state index contributed by atoms with van der Waals surface area (Å²) in [6, 6.07) is 2.94. The third-order valence-electron chi connectivity index (χ3n) is 2.97. The van der Waals surface area contributed by atoms with Crippen molar-refractivity contribution in [2.75, 3.05) is 0 Å². The molecule has 1 atom stereocenters. The summed E-state index contributed by atoms with van der Waals surface area (Å²) in [5.74, 6) is -0.301. The Morgan fingerprint density at radius 2 is 2.21 bits per heavy atom. The standard InChI is InChI=1S/C12H17NO4S2/c1-8(6-9-2-3-9)13-19(16,17)12-5-4-10(18-12)7-11(14)15/h4-5,8-9,13H,2-3,6-7H2,1H3,(H,14,15). The highest BCUT2D eigenvalue weighted by Gasteiger charge is 2.26. The maximum absolute atomic E-state index is 12.1. The molecule has 0 aromatic carbocycles. The number of aliphatic carboxylic acids is 1. The zero-order valence-corrected chi connectivity index (χ0v) is 12.3. The van der Waals surface area contributed by atoms with Gasteiger partial charge < -0.3 is 5.11 Å². The van der Waals surface area contributed by atoms with Gasteiger partial charge in [-0.15, -0.1) is 11.3 Å². The number of thiophene rings is 1. The number of carboxylic acid groups (broad SMARTS) is 1. The topological polar surface area (TPSA) is 83.5 Å². The van der Waals surface area contributed by atoms with Crippen LogP contribution >= 0.6 is 11.3 Å². The second kappa shape index (κ2) is 5.60. The minimum atomic E-state index is -3.52. The van der Waals surface area contributed by atoms with E-state index in [4.69, 9.17) is 5.11 Å². The molecule has 7 heteroatoms. The normalized spacial score (nSPS) is 17.3. The Balaban J connectivity index is 2.01. The highest BCUT2D eigenvalue weighted by atomic mass is 32.2. The average molecular weight is 303 g/mol. The molecular formula is C12H17NO4S2. The Morgan fingerprint density at radius 1 is 1.53 bits per heavy atom. The van der Waals surface area contributed by atoms with E-state index in [2.05, 4.69) is 4.72 Å². The van der Waals surface area contributed by atoms with E-state index in [1.807, 2.05) is 6.92 Å². The van der Waals surface area contributed by atoms with Gasteiger partial charge in [0.2, 0.25) is 10.0 Å². The molecule has 1 aromatic heterocycles. The van der Waals surface area contributed by atoms with Gasteiger partial charge in [-0.2, -0.15) is 0 Å². The van der Waals surface area contributed by atoms with Gasteiger partial charge in [-0.3, -0.25) is 4.79 Å². The monoisotopic (exact) mass is 303 g/mol. The van der Waals surface area contributed by atoms with Gasteiger partial charge in [0.05, 0.1) is 6.42 Å². The summed E-state index contributed by atoms with van der Waals surface area (Å²) in [6.07, 6.45) is 3.10. The number of hydrogen-bond acceptors (Lipinski definition) is 4. The number of nitrogens with one attached hydrogen (secondary N) is 1. The molecule has 1 unspecified atom stereocenters. The molecule has 0 spiro atoms. The molecule has 1 fully saturated rings. The molecule has 0 bridgehead atoms. The van der Waals surface area contributed by atoms with Gasteiger partial charge >= 0.3 is 5.97 Å². The van der Waals surface area contributed by atoms with Crippen molar-refractivity contribution in [3.63, 3.8) is 0 Å². The van der Waals surface area contributed by atoms with Crippen molar-refractivity contribution in [3.05, 3.63) is 17.0 Å². The first-order valence-electron chi connectivity index (χ1n) is 6.19. The molecule has 106 valence electrons. The molecule has 5 nitrogen and oxygen atoms in total. The second-order valence-corrected chi connectivity index (χ2v) is 8.10. The summed E-state index contributed by atoms with van der Waals surface area (Å²) in [5, 5.41) is 8.67. The first kappa shape index (κ1) is 14.5. The van der Waals surface area contributed by atoms with Gasteiger partial charge in [0.25, 0.3) is 0 Å². The van der Waals surface area contributed by atoms with Crippen LogP contribution in [0, 0.1) is 5.92 Å². The Kier molecular flexibility index (Phi) is 4.27. The lowest BCUT2D eigenvalue weighted by atomic mass is 10.2. The van der Waals surface area contributed by atoms with Gasteiger partial charge in [-0.05, 0) is 31.4 Å². The van der Waals surface area contributed by atoms with Crippen molar-refractivity contribution in [3.8, 4) is 0 Å². The van der Waals surface area contributed by atoms with E-state index in [0.29, 0.717) is 10.8 Å². The molecule has 1 saturated carbocycles. The minimum Gasteiger partial charge on any atom is -0.481 e. The largest absolute Gasteiger partial charge is 0.481 e. The van der Waals surface area contributed by atoms with Gasteiger partial charge in [0.15, 0.2) is 0 Å². The zero-order chi connectivity index (χ0) is 14.0. The van der Waals surface area contributed by atoms with Crippen LogP contribution in [0.2, 0.25) is 0 Å². The number of sulfonamides is 1. The fourth-order valence-corrected chi connectivity index (χ4v) is 4.59. The van der Waals surface area contributed by atoms with E-state index in [0.717, 1.165) is 17.8 Å². The second-order valence-electron chi connectivity index (χ2n) is 4.99. The Morgan fingerprint density at radius 3 is 2.79 bits per heavy atom. The molecule has 0 saturated heterocycles. The highest BCUT2D eigenvalue weighted by Crippen LogP contribution is 2.33. The summed E-state index contributed by atoms with van der Waals surface area (Å²) in [7, 11) is -3.52. The maximum atomic E-state index is 12.1. The van der Waals surface area contributed by atoms with E-state index < -0.39 is 16.0 Å². The Hall–Kier alpha value is -0.920. The molecule has 2 rings (SSSR count). The van der Waals surface area contributed by atoms with Crippen LogP contribution in [-0.2, 0) is 21.2 Å². The third-order valence-corrected chi connectivity index (χ3v) is 6.13. The SMILES string of the molecule is CC(CC1CC1)NS(=O)(=O)c1ccc(CC(=O)O)s1. The Bertz CT molecular complexity index is 560. The van der Waals surface area contributed by atoms with E-state index >= 15 is 0 Å². The minimum absolute atomic E-state index is 0.0810. The third kappa shape index (κ3) is 4.29.